The molecule has 1 aromatic heterocycles. The topological polar surface area (TPSA) is 45.5 Å². The summed E-state index contributed by atoms with van der Waals surface area (Å²) in [4.78, 5) is 15.0. The van der Waals surface area contributed by atoms with Crippen molar-refractivity contribution in [3.05, 3.63) is 88.9 Å². The van der Waals surface area contributed by atoms with E-state index in [0.717, 1.165) is 18.6 Å². The number of aryl methyl sites for hydroxylation is 1. The highest BCUT2D eigenvalue weighted by Gasteiger charge is 2.27. The van der Waals surface area contributed by atoms with Crippen LogP contribution in [0.25, 0.3) is 0 Å². The van der Waals surface area contributed by atoms with E-state index in [1.165, 1.54) is 22.4 Å². The summed E-state index contributed by atoms with van der Waals surface area (Å²) in [5, 5.41) is 3.03. The van der Waals surface area contributed by atoms with Crippen LogP contribution in [0.3, 0.4) is 0 Å². The summed E-state index contributed by atoms with van der Waals surface area (Å²) >= 11 is 0. The fourth-order valence-corrected chi connectivity index (χ4v) is 3.97. The van der Waals surface area contributed by atoms with Crippen molar-refractivity contribution >= 4 is 11.6 Å². The van der Waals surface area contributed by atoms with Crippen LogP contribution in [0.15, 0.2) is 65.3 Å². The zero-order valence-electron chi connectivity index (χ0n) is 16.4. The second-order valence-corrected chi connectivity index (χ2v) is 7.56. The van der Waals surface area contributed by atoms with Crippen molar-refractivity contribution < 1.29 is 9.21 Å². The number of carbonyl (C=O) groups excluding carboxylic acids is 1. The number of carbonyl (C=O) groups is 1. The maximum absolute atomic E-state index is 12.7. The Labute approximate surface area is 166 Å². The lowest BCUT2D eigenvalue weighted by molar-refractivity contribution is 0.0952. The molecule has 2 aromatic carbocycles. The van der Waals surface area contributed by atoms with E-state index >= 15 is 0 Å². The molecule has 4 heteroatoms. The molecule has 2 heterocycles. The van der Waals surface area contributed by atoms with Gasteiger partial charge in [0.2, 0.25) is 0 Å². The van der Waals surface area contributed by atoms with Gasteiger partial charge in [-0.2, -0.15) is 0 Å². The Morgan fingerprint density at radius 3 is 2.89 bits per heavy atom. The van der Waals surface area contributed by atoms with Crippen molar-refractivity contribution in [2.24, 2.45) is 0 Å². The number of fused-ring (bicyclic) bond motifs is 1. The molecule has 0 radical (unpaired) electrons. The number of benzene rings is 2. The van der Waals surface area contributed by atoms with Crippen LogP contribution in [0.1, 0.15) is 39.7 Å². The molecule has 4 nitrogen and oxygen atoms in total. The van der Waals surface area contributed by atoms with Gasteiger partial charge in [-0.25, -0.2) is 0 Å². The molecule has 4 rings (SSSR count). The smallest absolute Gasteiger partial charge is 0.254 e. The van der Waals surface area contributed by atoms with Crippen molar-refractivity contribution in [3.63, 3.8) is 0 Å². The van der Waals surface area contributed by atoms with Crippen LogP contribution < -0.4 is 10.2 Å². The first kappa shape index (κ1) is 18.4. The van der Waals surface area contributed by atoms with Crippen LogP contribution >= 0.6 is 0 Å². The molecule has 1 amide bonds. The molecule has 0 bridgehead atoms. The fourth-order valence-electron chi connectivity index (χ4n) is 3.97. The molecule has 0 spiro atoms. The summed E-state index contributed by atoms with van der Waals surface area (Å²) in [6.07, 6.45) is 3.45. The molecule has 0 saturated carbocycles. The van der Waals surface area contributed by atoms with E-state index in [4.69, 9.17) is 4.42 Å². The molecule has 0 saturated heterocycles. The van der Waals surface area contributed by atoms with E-state index in [1.807, 2.05) is 0 Å². The maximum atomic E-state index is 12.7. The SMILES string of the molecule is Cc1cccc(CCNC(=O)c2ccoc2CN2c3ccccc3CC2C)c1. The van der Waals surface area contributed by atoms with E-state index in [1.54, 1.807) is 12.3 Å². The van der Waals surface area contributed by atoms with Gasteiger partial charge in [-0.3, -0.25) is 4.79 Å². The van der Waals surface area contributed by atoms with E-state index in [9.17, 15) is 4.79 Å². The lowest BCUT2D eigenvalue weighted by atomic mass is 10.1. The summed E-state index contributed by atoms with van der Waals surface area (Å²) in [6.45, 7) is 5.50. The molecule has 1 N–H and O–H groups in total. The Hall–Kier alpha value is -3.01. The van der Waals surface area contributed by atoms with Gasteiger partial charge in [0, 0.05) is 18.3 Å². The van der Waals surface area contributed by atoms with Crippen LogP contribution in [0.2, 0.25) is 0 Å². The van der Waals surface area contributed by atoms with Gasteiger partial charge in [-0.1, -0.05) is 48.0 Å². The average Bonchev–Trinajstić information content (AvgIpc) is 3.27. The molecule has 1 unspecified atom stereocenters. The normalized spacial score (nSPS) is 15.5. The first-order valence-corrected chi connectivity index (χ1v) is 9.86. The Kier molecular flexibility index (Phi) is 5.20. The monoisotopic (exact) mass is 374 g/mol. The lowest BCUT2D eigenvalue weighted by Gasteiger charge is -2.24. The summed E-state index contributed by atoms with van der Waals surface area (Å²) < 4.78 is 5.69. The van der Waals surface area contributed by atoms with Gasteiger partial charge in [0.15, 0.2) is 0 Å². The fraction of sp³-hybridized carbons (Fsp3) is 0.292. The van der Waals surface area contributed by atoms with Gasteiger partial charge in [0.25, 0.3) is 5.91 Å². The molecule has 144 valence electrons. The summed E-state index contributed by atoms with van der Waals surface area (Å²) in [6, 6.07) is 19.0. The molecule has 0 aliphatic carbocycles. The number of furan rings is 1. The highest BCUT2D eigenvalue weighted by atomic mass is 16.3. The number of amides is 1. The van der Waals surface area contributed by atoms with Crippen LogP contribution in [-0.4, -0.2) is 18.5 Å². The number of rotatable bonds is 6. The van der Waals surface area contributed by atoms with E-state index < -0.39 is 0 Å². The summed E-state index contributed by atoms with van der Waals surface area (Å²) in [5.41, 5.74) is 5.68. The minimum atomic E-state index is -0.0726. The Morgan fingerprint density at radius 2 is 2.04 bits per heavy atom. The highest BCUT2D eigenvalue weighted by molar-refractivity contribution is 5.95. The number of nitrogens with one attached hydrogen (secondary N) is 1. The van der Waals surface area contributed by atoms with Crippen molar-refractivity contribution in [1.82, 2.24) is 5.32 Å². The lowest BCUT2D eigenvalue weighted by Crippen LogP contribution is -2.31. The van der Waals surface area contributed by atoms with Crippen LogP contribution in [-0.2, 0) is 19.4 Å². The highest BCUT2D eigenvalue weighted by Crippen LogP contribution is 2.33. The van der Waals surface area contributed by atoms with Gasteiger partial charge < -0.3 is 14.6 Å². The second-order valence-electron chi connectivity index (χ2n) is 7.56. The third-order valence-corrected chi connectivity index (χ3v) is 5.43. The molecule has 1 aliphatic rings. The standard InChI is InChI=1S/C24H26N2O2/c1-17-6-5-7-19(14-17)10-12-25-24(27)21-11-13-28-23(21)16-26-18(2)15-20-8-3-4-9-22(20)26/h3-9,11,13-14,18H,10,12,15-16H2,1-2H3,(H,25,27). The number of anilines is 1. The number of para-hydroxylation sites is 1. The predicted octanol–water partition coefficient (Wildman–Crippen LogP) is 4.51. The quantitative estimate of drug-likeness (QED) is 0.690. The number of hydrogen-bond donors (Lipinski definition) is 1. The summed E-state index contributed by atoms with van der Waals surface area (Å²) in [7, 11) is 0. The third kappa shape index (κ3) is 3.81. The molecule has 3 aromatic rings. The van der Waals surface area contributed by atoms with Crippen LogP contribution in [0.5, 0.6) is 0 Å². The van der Waals surface area contributed by atoms with Crippen LogP contribution in [0.4, 0.5) is 5.69 Å². The van der Waals surface area contributed by atoms with Crippen molar-refractivity contribution in [1.29, 1.82) is 0 Å². The van der Waals surface area contributed by atoms with Gasteiger partial charge in [0.05, 0.1) is 18.4 Å². The third-order valence-electron chi connectivity index (χ3n) is 5.43. The van der Waals surface area contributed by atoms with Crippen molar-refractivity contribution in [3.8, 4) is 0 Å². The van der Waals surface area contributed by atoms with Crippen molar-refractivity contribution in [2.45, 2.75) is 39.3 Å². The Bertz CT molecular complexity index is 976. The largest absolute Gasteiger partial charge is 0.467 e. The zero-order valence-corrected chi connectivity index (χ0v) is 16.4. The first-order chi connectivity index (χ1) is 13.6. The van der Waals surface area contributed by atoms with E-state index in [0.29, 0.717) is 24.7 Å². The van der Waals surface area contributed by atoms with Crippen molar-refractivity contribution in [2.75, 3.05) is 11.4 Å². The van der Waals surface area contributed by atoms with Gasteiger partial charge in [-0.15, -0.1) is 0 Å². The van der Waals surface area contributed by atoms with E-state index in [-0.39, 0.29) is 5.91 Å². The molecular formula is C24H26N2O2. The maximum Gasteiger partial charge on any atom is 0.254 e. The zero-order chi connectivity index (χ0) is 19.5. The molecular weight excluding hydrogens is 348 g/mol. The minimum Gasteiger partial charge on any atom is -0.467 e. The average molecular weight is 374 g/mol. The van der Waals surface area contributed by atoms with E-state index in [2.05, 4.69) is 72.6 Å². The van der Waals surface area contributed by atoms with Gasteiger partial charge in [0.1, 0.15) is 5.76 Å². The van der Waals surface area contributed by atoms with Gasteiger partial charge in [-0.05, 0) is 49.9 Å². The number of hydrogen-bond acceptors (Lipinski definition) is 3. The number of nitrogens with zero attached hydrogens (tertiary/aromatic N) is 1. The first-order valence-electron chi connectivity index (χ1n) is 9.86. The molecule has 0 fully saturated rings. The summed E-state index contributed by atoms with van der Waals surface area (Å²) in [5.74, 6) is 0.646. The Morgan fingerprint density at radius 1 is 1.18 bits per heavy atom. The second kappa shape index (κ2) is 7.93. The van der Waals surface area contributed by atoms with Crippen LogP contribution in [0, 0.1) is 6.92 Å². The molecule has 1 aliphatic heterocycles. The predicted molar refractivity (Wildman–Crippen MR) is 112 cm³/mol. The molecule has 28 heavy (non-hydrogen) atoms. The minimum absolute atomic E-state index is 0.0726. The van der Waals surface area contributed by atoms with Gasteiger partial charge >= 0.3 is 0 Å². The Balaban J connectivity index is 1.40. The molecule has 1 atom stereocenters.